The SMILES string of the molecule is Cc1c(NC(=O)NC(C)c2nn[nH]n2)cccc1C(=O)O. The van der Waals surface area contributed by atoms with Gasteiger partial charge < -0.3 is 15.7 Å². The molecule has 0 radical (unpaired) electrons. The van der Waals surface area contributed by atoms with E-state index in [2.05, 4.69) is 31.3 Å². The minimum absolute atomic E-state index is 0.138. The van der Waals surface area contributed by atoms with Crippen molar-refractivity contribution in [3.05, 3.63) is 35.2 Å². The summed E-state index contributed by atoms with van der Waals surface area (Å²) in [5.41, 5.74) is 1.04. The van der Waals surface area contributed by atoms with E-state index in [1.165, 1.54) is 6.07 Å². The number of H-pyrrole nitrogens is 1. The lowest BCUT2D eigenvalue weighted by Gasteiger charge is -2.13. The van der Waals surface area contributed by atoms with Crippen LogP contribution in [0.1, 0.15) is 34.7 Å². The number of rotatable bonds is 4. The second-order valence-corrected chi connectivity index (χ2v) is 4.37. The Morgan fingerprint density at radius 3 is 2.76 bits per heavy atom. The number of aromatic carboxylic acids is 1. The number of carboxylic acid groups (broad SMARTS) is 1. The molecule has 2 aromatic rings. The molecular formula is C12H14N6O3. The van der Waals surface area contributed by atoms with Crippen LogP contribution in [0, 0.1) is 6.92 Å². The largest absolute Gasteiger partial charge is 0.478 e. The van der Waals surface area contributed by atoms with Crippen LogP contribution >= 0.6 is 0 Å². The number of tetrazole rings is 1. The molecule has 0 spiro atoms. The number of aromatic amines is 1. The lowest BCUT2D eigenvalue weighted by atomic mass is 10.1. The van der Waals surface area contributed by atoms with Crippen LogP contribution in [0.15, 0.2) is 18.2 Å². The highest BCUT2D eigenvalue weighted by molar-refractivity contribution is 5.95. The number of amides is 2. The Labute approximate surface area is 119 Å². The summed E-state index contributed by atoms with van der Waals surface area (Å²) in [5, 5.41) is 27.5. The average Bonchev–Trinajstić information content (AvgIpc) is 2.94. The smallest absolute Gasteiger partial charge is 0.336 e. The van der Waals surface area contributed by atoms with E-state index in [1.807, 2.05) is 0 Å². The minimum atomic E-state index is -1.04. The Bertz CT molecular complexity index is 655. The Balaban J connectivity index is 2.06. The number of aromatic nitrogens is 4. The average molecular weight is 290 g/mol. The third-order valence-electron chi connectivity index (χ3n) is 2.91. The number of benzene rings is 1. The van der Waals surface area contributed by atoms with E-state index in [1.54, 1.807) is 26.0 Å². The maximum absolute atomic E-state index is 11.9. The van der Waals surface area contributed by atoms with Crippen molar-refractivity contribution in [3.8, 4) is 0 Å². The van der Waals surface area contributed by atoms with Gasteiger partial charge >= 0.3 is 12.0 Å². The lowest BCUT2D eigenvalue weighted by Crippen LogP contribution is -2.32. The second-order valence-electron chi connectivity index (χ2n) is 4.37. The molecule has 0 aliphatic rings. The van der Waals surface area contributed by atoms with Gasteiger partial charge in [-0.2, -0.15) is 5.21 Å². The van der Waals surface area contributed by atoms with Crippen LogP contribution in [0.25, 0.3) is 0 Å². The predicted molar refractivity (Wildman–Crippen MR) is 72.9 cm³/mol. The van der Waals surface area contributed by atoms with Gasteiger partial charge in [-0.05, 0) is 31.5 Å². The topological polar surface area (TPSA) is 133 Å². The Morgan fingerprint density at radius 1 is 1.38 bits per heavy atom. The zero-order valence-electron chi connectivity index (χ0n) is 11.4. The van der Waals surface area contributed by atoms with Crippen LogP contribution in [0.5, 0.6) is 0 Å². The Hall–Kier alpha value is -2.97. The van der Waals surface area contributed by atoms with Crippen molar-refractivity contribution in [1.82, 2.24) is 25.9 Å². The molecule has 0 aliphatic carbocycles. The van der Waals surface area contributed by atoms with Crippen molar-refractivity contribution < 1.29 is 14.7 Å². The maximum atomic E-state index is 11.9. The zero-order valence-corrected chi connectivity index (χ0v) is 11.4. The first kappa shape index (κ1) is 14.4. The Morgan fingerprint density at radius 2 is 2.14 bits per heavy atom. The van der Waals surface area contributed by atoms with Crippen molar-refractivity contribution in [3.63, 3.8) is 0 Å². The van der Waals surface area contributed by atoms with Gasteiger partial charge in [0.2, 0.25) is 0 Å². The number of hydrogen-bond donors (Lipinski definition) is 4. The van der Waals surface area contributed by atoms with E-state index in [9.17, 15) is 9.59 Å². The standard InChI is InChI=1S/C12H14N6O3/c1-6-8(11(19)20)4-3-5-9(6)14-12(21)13-7(2)10-15-17-18-16-10/h3-5,7H,1-2H3,(H,19,20)(H2,13,14,21)(H,15,16,17,18). The predicted octanol–water partition coefficient (Wildman–Crippen LogP) is 1.09. The monoisotopic (exact) mass is 290 g/mol. The molecule has 0 fully saturated rings. The van der Waals surface area contributed by atoms with E-state index in [0.29, 0.717) is 17.1 Å². The van der Waals surface area contributed by atoms with Crippen LogP contribution in [-0.2, 0) is 0 Å². The van der Waals surface area contributed by atoms with Gasteiger partial charge in [-0.15, -0.1) is 10.2 Å². The molecule has 0 saturated carbocycles. The first-order chi connectivity index (χ1) is 9.99. The fourth-order valence-corrected chi connectivity index (χ4v) is 1.78. The third-order valence-corrected chi connectivity index (χ3v) is 2.91. The molecule has 2 amide bonds. The molecule has 0 aliphatic heterocycles. The van der Waals surface area contributed by atoms with Crippen LogP contribution in [-0.4, -0.2) is 37.7 Å². The number of anilines is 1. The lowest BCUT2D eigenvalue weighted by molar-refractivity contribution is 0.0696. The number of urea groups is 1. The van der Waals surface area contributed by atoms with Gasteiger partial charge in [0.05, 0.1) is 11.6 Å². The van der Waals surface area contributed by atoms with E-state index < -0.39 is 18.0 Å². The summed E-state index contributed by atoms with van der Waals surface area (Å²) in [6.07, 6.45) is 0. The van der Waals surface area contributed by atoms with Gasteiger partial charge in [-0.25, -0.2) is 9.59 Å². The summed E-state index contributed by atoms with van der Waals surface area (Å²) in [7, 11) is 0. The van der Waals surface area contributed by atoms with Crippen molar-refractivity contribution in [2.24, 2.45) is 0 Å². The molecule has 1 unspecified atom stereocenters. The fraction of sp³-hybridized carbons (Fsp3) is 0.250. The van der Waals surface area contributed by atoms with Gasteiger partial charge in [0, 0.05) is 5.69 Å². The number of nitrogens with one attached hydrogen (secondary N) is 3. The molecule has 1 heterocycles. The van der Waals surface area contributed by atoms with Gasteiger partial charge in [-0.1, -0.05) is 11.3 Å². The van der Waals surface area contributed by atoms with Crippen molar-refractivity contribution in [2.75, 3.05) is 5.32 Å². The van der Waals surface area contributed by atoms with Gasteiger partial charge in [-0.3, -0.25) is 0 Å². The maximum Gasteiger partial charge on any atom is 0.336 e. The quantitative estimate of drug-likeness (QED) is 0.666. The summed E-state index contributed by atoms with van der Waals surface area (Å²) in [6, 6.07) is 3.74. The first-order valence-electron chi connectivity index (χ1n) is 6.12. The van der Waals surface area contributed by atoms with Crippen molar-refractivity contribution >= 4 is 17.7 Å². The van der Waals surface area contributed by atoms with Crippen molar-refractivity contribution in [1.29, 1.82) is 0 Å². The highest BCUT2D eigenvalue weighted by Gasteiger charge is 2.15. The van der Waals surface area contributed by atoms with Gasteiger partial charge in [0.15, 0.2) is 5.82 Å². The van der Waals surface area contributed by atoms with E-state index in [0.717, 1.165) is 0 Å². The highest BCUT2D eigenvalue weighted by atomic mass is 16.4. The molecule has 1 atom stereocenters. The second kappa shape index (κ2) is 5.99. The molecule has 0 saturated heterocycles. The third kappa shape index (κ3) is 3.32. The summed E-state index contributed by atoms with van der Waals surface area (Å²) >= 11 is 0. The van der Waals surface area contributed by atoms with Crippen LogP contribution in [0.2, 0.25) is 0 Å². The molecule has 9 nitrogen and oxygen atoms in total. The Kier molecular flexibility index (Phi) is 4.12. The molecule has 0 bridgehead atoms. The van der Waals surface area contributed by atoms with Crippen LogP contribution in [0.4, 0.5) is 10.5 Å². The molecule has 9 heteroatoms. The molecule has 1 aromatic carbocycles. The molecule has 4 N–H and O–H groups in total. The van der Waals surface area contributed by atoms with Crippen molar-refractivity contribution in [2.45, 2.75) is 19.9 Å². The number of nitrogens with zero attached hydrogens (tertiary/aromatic N) is 3. The summed E-state index contributed by atoms with van der Waals surface area (Å²) in [6.45, 7) is 3.33. The summed E-state index contributed by atoms with van der Waals surface area (Å²) < 4.78 is 0. The summed E-state index contributed by atoms with van der Waals surface area (Å²) in [4.78, 5) is 22.9. The minimum Gasteiger partial charge on any atom is -0.478 e. The van der Waals surface area contributed by atoms with Crippen LogP contribution < -0.4 is 10.6 Å². The van der Waals surface area contributed by atoms with E-state index >= 15 is 0 Å². The van der Waals surface area contributed by atoms with Gasteiger partial charge in [0.1, 0.15) is 0 Å². The number of carbonyl (C=O) groups excluding carboxylic acids is 1. The van der Waals surface area contributed by atoms with Gasteiger partial charge in [0.25, 0.3) is 0 Å². The molecule has 110 valence electrons. The normalized spacial score (nSPS) is 11.7. The highest BCUT2D eigenvalue weighted by Crippen LogP contribution is 2.19. The molecule has 2 rings (SSSR count). The number of carbonyl (C=O) groups is 2. The first-order valence-corrected chi connectivity index (χ1v) is 6.12. The number of hydrogen-bond acceptors (Lipinski definition) is 5. The number of carboxylic acids is 1. The molecule has 21 heavy (non-hydrogen) atoms. The zero-order chi connectivity index (χ0) is 15.4. The molecular weight excluding hydrogens is 276 g/mol. The van der Waals surface area contributed by atoms with E-state index in [-0.39, 0.29) is 5.56 Å². The van der Waals surface area contributed by atoms with Crippen LogP contribution in [0.3, 0.4) is 0 Å². The van der Waals surface area contributed by atoms with E-state index in [4.69, 9.17) is 5.11 Å². The summed E-state index contributed by atoms with van der Waals surface area (Å²) in [5.74, 6) is -0.696. The molecule has 1 aromatic heterocycles. The fourth-order valence-electron chi connectivity index (χ4n) is 1.78.